The minimum absolute atomic E-state index is 0.557. The van der Waals surface area contributed by atoms with Gasteiger partial charge < -0.3 is 9.64 Å². The molecule has 0 radical (unpaired) electrons. The minimum atomic E-state index is 0.557. The third-order valence-electron chi connectivity index (χ3n) is 6.36. The van der Waals surface area contributed by atoms with Gasteiger partial charge in [-0.3, -0.25) is 0 Å². The van der Waals surface area contributed by atoms with Gasteiger partial charge in [0, 0.05) is 23.4 Å². The van der Waals surface area contributed by atoms with E-state index in [1.807, 2.05) is 36.6 Å². The fourth-order valence-electron chi connectivity index (χ4n) is 4.49. The topological polar surface area (TPSA) is 42.7 Å². The van der Waals surface area contributed by atoms with Gasteiger partial charge in [0.1, 0.15) is 11.6 Å². The Kier molecular flexibility index (Phi) is 6.62. The fraction of sp³-hybridized carbons (Fsp3) is 0.462. The molecule has 0 saturated heterocycles. The molecule has 2 aromatic heterocycles. The third-order valence-corrected chi connectivity index (χ3v) is 6.67. The van der Waals surface area contributed by atoms with Crippen LogP contribution in [0.5, 0.6) is 5.75 Å². The first-order chi connectivity index (χ1) is 15.5. The molecule has 1 aliphatic carbocycles. The lowest BCUT2D eigenvalue weighted by Gasteiger charge is -2.28. The van der Waals surface area contributed by atoms with Crippen molar-refractivity contribution in [3.63, 3.8) is 0 Å². The molecule has 5 nitrogen and oxygen atoms in total. The van der Waals surface area contributed by atoms with Crippen LogP contribution in [0, 0.1) is 24.7 Å². The number of nitrogens with zero attached hydrogens (tertiary/aromatic N) is 4. The highest BCUT2D eigenvalue weighted by atomic mass is 35.5. The Labute approximate surface area is 195 Å². The minimum Gasteiger partial charge on any atom is -0.497 e. The van der Waals surface area contributed by atoms with E-state index in [4.69, 9.17) is 26.4 Å². The Bertz CT molecular complexity index is 1200. The van der Waals surface area contributed by atoms with Crippen LogP contribution < -0.4 is 9.64 Å². The first-order valence-corrected chi connectivity index (χ1v) is 11.8. The van der Waals surface area contributed by atoms with Gasteiger partial charge in [0.15, 0.2) is 5.65 Å². The van der Waals surface area contributed by atoms with Gasteiger partial charge >= 0.3 is 0 Å². The average molecular weight is 451 g/mol. The lowest BCUT2D eigenvalue weighted by molar-refractivity contribution is 0.415. The normalized spacial score (nSPS) is 13.6. The third kappa shape index (κ3) is 4.04. The highest BCUT2D eigenvalue weighted by Crippen LogP contribution is 2.39. The molecule has 3 aromatic rings. The van der Waals surface area contributed by atoms with Gasteiger partial charge in [-0.2, -0.15) is 9.61 Å². The van der Waals surface area contributed by atoms with Crippen LogP contribution in [0.25, 0.3) is 16.8 Å². The van der Waals surface area contributed by atoms with Gasteiger partial charge in [-0.05, 0) is 57.2 Å². The smallest absolute Gasteiger partial charge is 0.165 e. The van der Waals surface area contributed by atoms with Crippen molar-refractivity contribution in [3.05, 3.63) is 40.2 Å². The van der Waals surface area contributed by atoms with Crippen molar-refractivity contribution in [2.45, 2.75) is 53.4 Å². The summed E-state index contributed by atoms with van der Waals surface area (Å²) >= 11 is 6.67. The first-order valence-electron chi connectivity index (χ1n) is 11.4. The molecule has 0 bridgehead atoms. The highest BCUT2D eigenvalue weighted by Gasteiger charge is 2.28. The van der Waals surface area contributed by atoms with E-state index >= 15 is 0 Å². The number of hydrogen-bond acceptors (Lipinski definition) is 4. The lowest BCUT2D eigenvalue weighted by Crippen LogP contribution is -2.32. The molecule has 1 aromatic carbocycles. The van der Waals surface area contributed by atoms with E-state index < -0.39 is 0 Å². The molecular formula is C26H31ClN4O. The van der Waals surface area contributed by atoms with Gasteiger partial charge in [-0.25, -0.2) is 4.98 Å². The summed E-state index contributed by atoms with van der Waals surface area (Å²) in [7, 11) is 1.65. The molecule has 168 valence electrons. The van der Waals surface area contributed by atoms with Gasteiger partial charge in [0.05, 0.1) is 29.9 Å². The Morgan fingerprint density at radius 1 is 1.31 bits per heavy atom. The number of fused-ring (bicyclic) bond motifs is 2. The van der Waals surface area contributed by atoms with Gasteiger partial charge in [-0.1, -0.05) is 37.8 Å². The number of ether oxygens (including phenoxy) is 1. The Balaban J connectivity index is 1.96. The molecule has 1 atom stereocenters. The summed E-state index contributed by atoms with van der Waals surface area (Å²) in [6.07, 6.45) is 4.27. The summed E-state index contributed by atoms with van der Waals surface area (Å²) in [5, 5.41) is 5.63. The summed E-state index contributed by atoms with van der Waals surface area (Å²) in [6, 6.07) is 5.78. The predicted molar refractivity (Wildman–Crippen MR) is 132 cm³/mol. The maximum atomic E-state index is 6.67. The maximum Gasteiger partial charge on any atom is 0.165 e. The largest absolute Gasteiger partial charge is 0.497 e. The van der Waals surface area contributed by atoms with Crippen molar-refractivity contribution in [2.24, 2.45) is 5.92 Å². The number of benzene rings is 1. The second-order valence-electron chi connectivity index (χ2n) is 8.58. The zero-order chi connectivity index (χ0) is 22.8. The van der Waals surface area contributed by atoms with Crippen LogP contribution in [-0.2, 0) is 12.8 Å². The Hall–Kier alpha value is -2.71. The van der Waals surface area contributed by atoms with E-state index in [0.29, 0.717) is 17.5 Å². The molecule has 0 aliphatic heterocycles. The van der Waals surface area contributed by atoms with Gasteiger partial charge in [0.2, 0.25) is 0 Å². The SMILES string of the molecule is CC#CCN(CC(C)CC)c1c2c(nc3c(-c4ccc(OC)cc4Cl)c(C)nn13)CCC2. The number of halogens is 1. The molecule has 4 rings (SSSR count). The van der Waals surface area contributed by atoms with E-state index in [9.17, 15) is 0 Å². The summed E-state index contributed by atoms with van der Waals surface area (Å²) in [4.78, 5) is 7.51. The number of aryl methyl sites for hydroxylation is 2. The number of methoxy groups -OCH3 is 1. The van der Waals surface area contributed by atoms with Crippen molar-refractivity contribution >= 4 is 23.1 Å². The van der Waals surface area contributed by atoms with E-state index in [0.717, 1.165) is 66.3 Å². The zero-order valence-electron chi connectivity index (χ0n) is 19.6. The van der Waals surface area contributed by atoms with Crippen LogP contribution in [0.15, 0.2) is 18.2 Å². The average Bonchev–Trinajstić information content (AvgIpc) is 3.38. The van der Waals surface area contributed by atoms with E-state index in [1.54, 1.807) is 7.11 Å². The van der Waals surface area contributed by atoms with E-state index in [1.165, 1.54) is 11.3 Å². The van der Waals surface area contributed by atoms with E-state index in [2.05, 4.69) is 30.6 Å². The number of hydrogen-bond donors (Lipinski definition) is 0. The lowest BCUT2D eigenvalue weighted by atomic mass is 10.1. The highest BCUT2D eigenvalue weighted by molar-refractivity contribution is 6.33. The fourth-order valence-corrected chi connectivity index (χ4v) is 4.75. The zero-order valence-corrected chi connectivity index (χ0v) is 20.4. The van der Waals surface area contributed by atoms with Crippen molar-refractivity contribution in [1.29, 1.82) is 0 Å². The molecule has 32 heavy (non-hydrogen) atoms. The van der Waals surface area contributed by atoms with Crippen LogP contribution in [0.3, 0.4) is 0 Å². The molecule has 1 aliphatic rings. The second-order valence-corrected chi connectivity index (χ2v) is 8.98. The van der Waals surface area contributed by atoms with Crippen molar-refractivity contribution in [2.75, 3.05) is 25.1 Å². The molecule has 0 spiro atoms. The monoisotopic (exact) mass is 450 g/mol. The van der Waals surface area contributed by atoms with Crippen molar-refractivity contribution in [3.8, 4) is 28.7 Å². The molecule has 0 N–H and O–H groups in total. The van der Waals surface area contributed by atoms with Crippen LogP contribution in [0.2, 0.25) is 5.02 Å². The molecule has 2 heterocycles. The number of anilines is 1. The van der Waals surface area contributed by atoms with Crippen LogP contribution in [0.1, 0.15) is 50.6 Å². The standard InChI is InChI=1S/C26H31ClN4O/c1-6-8-14-30(16-17(3)7-2)26-21-10-9-11-23(21)28-25-24(18(4)29-31(25)26)20-13-12-19(32-5)15-22(20)27/h12-13,15,17H,7,9-11,14,16H2,1-5H3. The number of aromatic nitrogens is 3. The second kappa shape index (κ2) is 9.42. The molecule has 0 saturated carbocycles. The molecule has 1 unspecified atom stereocenters. The summed E-state index contributed by atoms with van der Waals surface area (Å²) in [5.74, 6) is 8.79. The first kappa shape index (κ1) is 22.5. The summed E-state index contributed by atoms with van der Waals surface area (Å²) in [5.41, 5.74) is 6.19. The van der Waals surface area contributed by atoms with Crippen LogP contribution >= 0.6 is 11.6 Å². The molecule has 0 fully saturated rings. The molecular weight excluding hydrogens is 420 g/mol. The van der Waals surface area contributed by atoms with Crippen molar-refractivity contribution in [1.82, 2.24) is 14.6 Å². The van der Waals surface area contributed by atoms with Crippen molar-refractivity contribution < 1.29 is 4.74 Å². The Morgan fingerprint density at radius 2 is 2.12 bits per heavy atom. The van der Waals surface area contributed by atoms with Crippen LogP contribution in [0.4, 0.5) is 5.82 Å². The molecule has 6 heteroatoms. The number of rotatable bonds is 7. The quantitative estimate of drug-likeness (QED) is 0.431. The predicted octanol–water partition coefficient (Wildman–Crippen LogP) is 5.73. The van der Waals surface area contributed by atoms with E-state index in [-0.39, 0.29) is 0 Å². The Morgan fingerprint density at radius 3 is 2.81 bits per heavy atom. The summed E-state index contributed by atoms with van der Waals surface area (Å²) < 4.78 is 7.38. The maximum absolute atomic E-state index is 6.67. The van der Waals surface area contributed by atoms with Gasteiger partial charge in [-0.15, -0.1) is 5.92 Å². The summed E-state index contributed by atoms with van der Waals surface area (Å²) in [6.45, 7) is 10.1. The molecule has 0 amide bonds. The van der Waals surface area contributed by atoms with Gasteiger partial charge in [0.25, 0.3) is 0 Å². The van der Waals surface area contributed by atoms with Crippen LogP contribution in [-0.4, -0.2) is 34.8 Å².